The molecule has 0 saturated carbocycles. The summed E-state index contributed by atoms with van der Waals surface area (Å²) < 4.78 is 0. The van der Waals surface area contributed by atoms with Crippen molar-refractivity contribution in [3.63, 3.8) is 0 Å². The fraction of sp³-hybridized carbons (Fsp3) is 0.636. The fourth-order valence-electron chi connectivity index (χ4n) is 1.93. The first-order chi connectivity index (χ1) is 7.42. The smallest absolute Gasteiger partial charge is 0.116 e. The molecule has 0 amide bonds. The van der Waals surface area contributed by atoms with Gasteiger partial charge in [0, 0.05) is 17.0 Å². The first kappa shape index (κ1) is 10.9. The van der Waals surface area contributed by atoms with Gasteiger partial charge in [-0.05, 0) is 25.7 Å². The molecule has 15 heavy (non-hydrogen) atoms. The van der Waals surface area contributed by atoms with Gasteiger partial charge >= 0.3 is 0 Å². The number of nitrogens with zero attached hydrogens (tertiary/aromatic N) is 2. The highest BCUT2D eigenvalue weighted by atomic mass is 32.2. The molecule has 1 heterocycles. The van der Waals surface area contributed by atoms with Crippen molar-refractivity contribution in [2.24, 2.45) is 0 Å². The maximum atomic E-state index is 8.82. The molecule has 3 nitrogen and oxygen atoms in total. The minimum absolute atomic E-state index is 0.212. The van der Waals surface area contributed by atoms with Crippen molar-refractivity contribution in [3.05, 3.63) is 17.6 Å². The first-order valence-electron chi connectivity index (χ1n) is 5.48. The van der Waals surface area contributed by atoms with Crippen molar-refractivity contribution < 1.29 is 5.11 Å². The van der Waals surface area contributed by atoms with E-state index in [9.17, 15) is 0 Å². The van der Waals surface area contributed by atoms with Crippen LogP contribution >= 0.6 is 11.8 Å². The molecule has 0 radical (unpaired) electrons. The van der Waals surface area contributed by atoms with Crippen LogP contribution in [-0.2, 0) is 12.8 Å². The molecule has 0 bridgehead atoms. The predicted octanol–water partition coefficient (Wildman–Crippen LogP) is 1.83. The van der Waals surface area contributed by atoms with Crippen LogP contribution in [0, 0.1) is 0 Å². The maximum Gasteiger partial charge on any atom is 0.116 e. The summed E-state index contributed by atoms with van der Waals surface area (Å²) in [5, 5.41) is 9.90. The molecular weight excluding hydrogens is 208 g/mol. The Morgan fingerprint density at radius 1 is 1.20 bits per heavy atom. The second-order valence-electron chi connectivity index (χ2n) is 3.74. The van der Waals surface area contributed by atoms with Crippen LogP contribution in [-0.4, -0.2) is 27.4 Å². The van der Waals surface area contributed by atoms with Crippen molar-refractivity contribution in [1.29, 1.82) is 0 Å². The molecule has 0 unspecified atom stereocenters. The monoisotopic (exact) mass is 224 g/mol. The first-order valence-corrected chi connectivity index (χ1v) is 6.47. The molecule has 4 heteroatoms. The highest BCUT2D eigenvalue weighted by Gasteiger charge is 2.14. The molecule has 1 aromatic heterocycles. The second-order valence-corrected chi connectivity index (χ2v) is 4.82. The normalized spacial score (nSPS) is 15.8. The Morgan fingerprint density at radius 3 is 2.93 bits per heavy atom. The molecule has 0 atom stereocenters. The predicted molar refractivity (Wildman–Crippen MR) is 61.1 cm³/mol. The van der Waals surface area contributed by atoms with Crippen molar-refractivity contribution in [2.45, 2.75) is 37.1 Å². The summed E-state index contributed by atoms with van der Waals surface area (Å²) in [5.41, 5.74) is 2.55. The molecule has 0 fully saturated rings. The molecule has 0 aromatic carbocycles. The van der Waals surface area contributed by atoms with E-state index in [-0.39, 0.29) is 6.61 Å². The Kier molecular flexibility index (Phi) is 3.97. The van der Waals surface area contributed by atoms with Gasteiger partial charge in [-0.3, -0.25) is 0 Å². The van der Waals surface area contributed by atoms with Crippen LogP contribution in [0.3, 0.4) is 0 Å². The number of thioether (sulfide) groups is 1. The van der Waals surface area contributed by atoms with E-state index in [4.69, 9.17) is 5.11 Å². The molecule has 0 saturated heterocycles. The summed E-state index contributed by atoms with van der Waals surface area (Å²) in [6.07, 6.45) is 7.62. The summed E-state index contributed by atoms with van der Waals surface area (Å²) in [5.74, 6) is 0.726. The lowest BCUT2D eigenvalue weighted by molar-refractivity contribution is 0.322. The van der Waals surface area contributed by atoms with Gasteiger partial charge in [-0.2, -0.15) is 0 Å². The number of aliphatic hydroxyl groups is 1. The number of aliphatic hydroxyl groups excluding tert-OH is 1. The molecule has 1 aliphatic rings. The van der Waals surface area contributed by atoms with Gasteiger partial charge in [-0.15, -0.1) is 11.8 Å². The van der Waals surface area contributed by atoms with E-state index in [0.717, 1.165) is 23.6 Å². The molecule has 2 rings (SSSR count). The lowest BCUT2D eigenvalue weighted by atomic mass is 10.1. The van der Waals surface area contributed by atoms with E-state index >= 15 is 0 Å². The second kappa shape index (κ2) is 5.47. The summed E-state index contributed by atoms with van der Waals surface area (Å²) in [6.45, 7) is 0.212. The van der Waals surface area contributed by atoms with Gasteiger partial charge in [-0.1, -0.05) is 6.42 Å². The molecule has 0 spiro atoms. The van der Waals surface area contributed by atoms with Crippen molar-refractivity contribution in [3.8, 4) is 0 Å². The summed E-state index contributed by atoms with van der Waals surface area (Å²) in [6, 6.07) is 0. The highest BCUT2D eigenvalue weighted by Crippen LogP contribution is 2.26. The van der Waals surface area contributed by atoms with E-state index < -0.39 is 0 Å². The Labute approximate surface area is 94.3 Å². The van der Waals surface area contributed by atoms with E-state index in [2.05, 4.69) is 9.97 Å². The molecule has 82 valence electrons. The highest BCUT2D eigenvalue weighted by molar-refractivity contribution is 7.99. The zero-order valence-electron chi connectivity index (χ0n) is 8.78. The van der Waals surface area contributed by atoms with Crippen LogP contribution in [0.4, 0.5) is 0 Å². The number of hydrogen-bond donors (Lipinski definition) is 1. The SMILES string of the molecule is OCCSc1ncnc2c1CCCCC2. The van der Waals surface area contributed by atoms with Gasteiger partial charge in [0.2, 0.25) is 0 Å². The summed E-state index contributed by atoms with van der Waals surface area (Å²) >= 11 is 1.64. The number of rotatable bonds is 3. The fourth-order valence-corrected chi connectivity index (χ4v) is 2.74. The maximum absolute atomic E-state index is 8.82. The quantitative estimate of drug-likeness (QED) is 0.483. The molecule has 1 aromatic rings. The largest absolute Gasteiger partial charge is 0.396 e. The van der Waals surface area contributed by atoms with Crippen LogP contribution < -0.4 is 0 Å². The molecule has 0 aliphatic heterocycles. The van der Waals surface area contributed by atoms with Gasteiger partial charge in [-0.25, -0.2) is 9.97 Å². The van der Waals surface area contributed by atoms with E-state index in [1.807, 2.05) is 0 Å². The zero-order valence-corrected chi connectivity index (χ0v) is 9.59. The molecular formula is C11H16N2OS. The minimum Gasteiger partial charge on any atom is -0.396 e. The van der Waals surface area contributed by atoms with Gasteiger partial charge in [0.25, 0.3) is 0 Å². The van der Waals surface area contributed by atoms with Crippen molar-refractivity contribution in [1.82, 2.24) is 9.97 Å². The Balaban J connectivity index is 2.22. The lowest BCUT2D eigenvalue weighted by Crippen LogP contribution is -2.01. The third-order valence-corrected chi connectivity index (χ3v) is 3.68. The van der Waals surface area contributed by atoms with Crippen LogP contribution in [0.2, 0.25) is 0 Å². The summed E-state index contributed by atoms with van der Waals surface area (Å²) in [4.78, 5) is 8.67. The van der Waals surface area contributed by atoms with Gasteiger partial charge in [0.1, 0.15) is 11.4 Å². The third-order valence-electron chi connectivity index (χ3n) is 2.67. The zero-order chi connectivity index (χ0) is 10.5. The van der Waals surface area contributed by atoms with Gasteiger partial charge < -0.3 is 5.11 Å². The minimum atomic E-state index is 0.212. The topological polar surface area (TPSA) is 46.0 Å². The third kappa shape index (κ3) is 2.69. The summed E-state index contributed by atoms with van der Waals surface area (Å²) in [7, 11) is 0. The Bertz CT molecular complexity index is 330. The molecule has 1 aliphatic carbocycles. The van der Waals surface area contributed by atoms with Gasteiger partial charge in [0.05, 0.1) is 6.61 Å². The van der Waals surface area contributed by atoms with Crippen molar-refractivity contribution >= 4 is 11.8 Å². The Morgan fingerprint density at radius 2 is 2.07 bits per heavy atom. The number of aromatic nitrogens is 2. The van der Waals surface area contributed by atoms with Crippen molar-refractivity contribution in [2.75, 3.05) is 12.4 Å². The van der Waals surface area contributed by atoms with Crippen LogP contribution in [0.25, 0.3) is 0 Å². The number of hydrogen-bond acceptors (Lipinski definition) is 4. The van der Waals surface area contributed by atoms with E-state index in [1.165, 1.54) is 30.5 Å². The average molecular weight is 224 g/mol. The van der Waals surface area contributed by atoms with Crippen LogP contribution in [0.5, 0.6) is 0 Å². The number of fused-ring (bicyclic) bond motifs is 1. The van der Waals surface area contributed by atoms with Crippen LogP contribution in [0.15, 0.2) is 11.4 Å². The standard InChI is InChI=1S/C11H16N2OS/c14-6-7-15-11-9-4-2-1-3-5-10(9)12-8-13-11/h8,14H,1-7H2. The average Bonchev–Trinajstić information content (AvgIpc) is 2.51. The lowest BCUT2D eigenvalue weighted by Gasteiger charge is -2.08. The Hall–Kier alpha value is -0.610. The van der Waals surface area contributed by atoms with Gasteiger partial charge in [0.15, 0.2) is 0 Å². The van der Waals surface area contributed by atoms with E-state index in [0.29, 0.717) is 0 Å². The number of aryl methyl sites for hydroxylation is 1. The van der Waals surface area contributed by atoms with Crippen LogP contribution in [0.1, 0.15) is 30.5 Å². The molecule has 1 N–H and O–H groups in total. The van der Waals surface area contributed by atoms with E-state index in [1.54, 1.807) is 18.1 Å².